The summed E-state index contributed by atoms with van der Waals surface area (Å²) in [6, 6.07) is 7.26. The highest BCUT2D eigenvalue weighted by Gasteiger charge is 2.37. The molecule has 0 fully saturated rings. The molecule has 2 rings (SSSR count). The molecule has 1 aromatic rings. The smallest absolute Gasteiger partial charge is 0.262 e. The molecule has 1 aromatic carbocycles. The Hall–Kier alpha value is -1.58. The first-order chi connectivity index (χ1) is 8.82. The van der Waals surface area contributed by atoms with Crippen molar-refractivity contribution in [1.82, 2.24) is 0 Å². The van der Waals surface area contributed by atoms with Crippen LogP contribution in [0.1, 0.15) is 27.7 Å². The molecule has 1 amide bonds. The third-order valence-corrected chi connectivity index (χ3v) is 3.17. The molecule has 1 aliphatic rings. The molecule has 0 aliphatic carbocycles. The van der Waals surface area contributed by atoms with Crippen molar-refractivity contribution in [3.63, 3.8) is 0 Å². The summed E-state index contributed by atoms with van der Waals surface area (Å²) < 4.78 is 19.8. The molecule has 0 aromatic heterocycles. The summed E-state index contributed by atoms with van der Waals surface area (Å²) in [6.07, 6.45) is -1.48. The highest BCUT2D eigenvalue weighted by Crippen LogP contribution is 2.37. The fraction of sp³-hybridized carbons (Fsp3) is 0.533. The Morgan fingerprint density at radius 1 is 1.37 bits per heavy atom. The van der Waals surface area contributed by atoms with Crippen LogP contribution in [0.25, 0.3) is 0 Å². The van der Waals surface area contributed by atoms with E-state index in [1.807, 2.05) is 26.0 Å². The first-order valence-electron chi connectivity index (χ1n) is 6.55. The van der Waals surface area contributed by atoms with Crippen molar-refractivity contribution < 1.29 is 13.9 Å². The molecule has 4 heteroatoms. The lowest BCUT2D eigenvalue weighted by Crippen LogP contribution is -2.52. The predicted octanol–water partition coefficient (Wildman–Crippen LogP) is 3.18. The lowest BCUT2D eigenvalue weighted by atomic mass is 10.0. The van der Waals surface area contributed by atoms with Crippen LogP contribution in [0.3, 0.4) is 0 Å². The zero-order valence-corrected chi connectivity index (χ0v) is 11.8. The molecule has 1 heterocycles. The molecule has 104 valence electrons. The van der Waals surface area contributed by atoms with Crippen LogP contribution in [0.2, 0.25) is 0 Å². The van der Waals surface area contributed by atoms with E-state index in [1.54, 1.807) is 26.0 Å². The van der Waals surface area contributed by atoms with E-state index >= 15 is 0 Å². The number of hydrogen-bond acceptors (Lipinski definition) is 2. The maximum Gasteiger partial charge on any atom is 0.262 e. The molecule has 0 saturated heterocycles. The van der Waals surface area contributed by atoms with Crippen LogP contribution in [0.15, 0.2) is 24.3 Å². The van der Waals surface area contributed by atoms with Gasteiger partial charge in [-0.2, -0.15) is 0 Å². The van der Waals surface area contributed by atoms with Crippen molar-refractivity contribution in [2.24, 2.45) is 5.92 Å². The van der Waals surface area contributed by atoms with Gasteiger partial charge in [0.25, 0.3) is 5.91 Å². The highest BCUT2D eigenvalue weighted by atomic mass is 19.1. The van der Waals surface area contributed by atoms with Gasteiger partial charge in [-0.05, 0) is 31.9 Å². The van der Waals surface area contributed by atoms with Gasteiger partial charge in [0.1, 0.15) is 11.4 Å². The van der Waals surface area contributed by atoms with Gasteiger partial charge in [-0.25, -0.2) is 4.39 Å². The van der Waals surface area contributed by atoms with Gasteiger partial charge in [-0.3, -0.25) is 4.79 Å². The van der Waals surface area contributed by atoms with Crippen molar-refractivity contribution in [3.05, 3.63) is 24.3 Å². The lowest BCUT2D eigenvalue weighted by Gasteiger charge is -2.40. The van der Waals surface area contributed by atoms with E-state index in [9.17, 15) is 9.18 Å². The van der Waals surface area contributed by atoms with Crippen molar-refractivity contribution in [1.29, 1.82) is 0 Å². The van der Waals surface area contributed by atoms with E-state index < -0.39 is 17.7 Å². The average molecular weight is 265 g/mol. The summed E-state index contributed by atoms with van der Waals surface area (Å²) in [7, 11) is 0. The third kappa shape index (κ3) is 2.72. The maximum atomic E-state index is 14.0. The maximum absolute atomic E-state index is 14.0. The topological polar surface area (TPSA) is 29.5 Å². The van der Waals surface area contributed by atoms with Gasteiger partial charge in [0.05, 0.1) is 12.2 Å². The van der Waals surface area contributed by atoms with Crippen molar-refractivity contribution in [2.75, 3.05) is 11.4 Å². The monoisotopic (exact) mass is 265 g/mol. The summed E-state index contributed by atoms with van der Waals surface area (Å²) in [4.78, 5) is 13.8. The van der Waals surface area contributed by atoms with E-state index in [1.165, 1.54) is 4.90 Å². The molecule has 0 radical (unpaired) electrons. The molecule has 3 nitrogen and oxygen atoms in total. The quantitative estimate of drug-likeness (QED) is 0.822. The number of fused-ring (bicyclic) bond motifs is 1. The van der Waals surface area contributed by atoms with Crippen molar-refractivity contribution >= 4 is 11.6 Å². The minimum Gasteiger partial charge on any atom is -0.484 e. The van der Waals surface area contributed by atoms with E-state index in [0.717, 1.165) is 0 Å². The van der Waals surface area contributed by atoms with E-state index in [0.29, 0.717) is 18.0 Å². The minimum atomic E-state index is -1.48. The molecule has 1 aliphatic heterocycles. The molecular weight excluding hydrogens is 245 g/mol. The molecule has 0 bridgehead atoms. The number of carbonyl (C=O) groups excluding carboxylic acids is 1. The fourth-order valence-electron chi connectivity index (χ4n) is 2.19. The Morgan fingerprint density at radius 2 is 2.00 bits per heavy atom. The minimum absolute atomic E-state index is 0.328. The van der Waals surface area contributed by atoms with Gasteiger partial charge in [0.2, 0.25) is 0 Å². The number of benzene rings is 1. The number of ether oxygens (including phenoxy) is 1. The Bertz CT molecular complexity index is 485. The predicted molar refractivity (Wildman–Crippen MR) is 73.2 cm³/mol. The Balaban J connectivity index is 2.38. The number of amides is 1. The molecule has 0 spiro atoms. The second-order valence-corrected chi connectivity index (χ2v) is 5.90. The number of anilines is 1. The normalized spacial score (nSPS) is 18.7. The first-order valence-corrected chi connectivity index (χ1v) is 6.55. The van der Waals surface area contributed by atoms with Gasteiger partial charge in [0.15, 0.2) is 6.17 Å². The largest absolute Gasteiger partial charge is 0.484 e. The summed E-state index contributed by atoms with van der Waals surface area (Å²) in [5.74, 6) is -0.187. The van der Waals surface area contributed by atoms with Crippen LogP contribution < -0.4 is 9.64 Å². The number of nitrogens with zero attached hydrogens (tertiary/aromatic N) is 1. The number of halogens is 1. The van der Waals surface area contributed by atoms with Crippen LogP contribution in [-0.2, 0) is 4.79 Å². The summed E-state index contributed by atoms with van der Waals surface area (Å²) in [5.41, 5.74) is 0.135. The molecule has 1 unspecified atom stereocenters. The van der Waals surface area contributed by atoms with E-state index in [4.69, 9.17) is 4.74 Å². The molecule has 1 atom stereocenters. The van der Waals surface area contributed by atoms with Crippen LogP contribution >= 0.6 is 0 Å². The van der Waals surface area contributed by atoms with Crippen LogP contribution in [0.5, 0.6) is 5.75 Å². The second kappa shape index (κ2) is 4.83. The zero-order chi connectivity index (χ0) is 14.2. The van der Waals surface area contributed by atoms with E-state index in [-0.39, 0.29) is 5.92 Å². The van der Waals surface area contributed by atoms with Gasteiger partial charge in [-0.15, -0.1) is 0 Å². The Kier molecular flexibility index (Phi) is 3.52. The fourth-order valence-corrected chi connectivity index (χ4v) is 2.19. The van der Waals surface area contributed by atoms with Crippen molar-refractivity contribution in [3.8, 4) is 5.75 Å². The summed E-state index contributed by atoms with van der Waals surface area (Å²) >= 11 is 0. The second-order valence-electron chi connectivity index (χ2n) is 5.90. The molecular formula is C15H20FNO2. The number of carbonyl (C=O) groups is 1. The van der Waals surface area contributed by atoms with E-state index in [2.05, 4.69) is 0 Å². The Labute approximate surface area is 113 Å². The molecule has 19 heavy (non-hydrogen) atoms. The number of para-hydroxylation sites is 2. The standard InChI is InChI=1S/C15H20FNO2/c1-10(2)13(16)14(18)17-9-15(3,4)19-12-8-6-5-7-11(12)17/h5-8,10,13H,9H2,1-4H3. The SMILES string of the molecule is CC(C)C(F)C(=O)N1CC(C)(C)Oc2ccccc21. The van der Waals surface area contributed by atoms with Crippen molar-refractivity contribution in [2.45, 2.75) is 39.5 Å². The van der Waals surface area contributed by atoms with Crippen LogP contribution in [-0.4, -0.2) is 24.2 Å². The zero-order valence-electron chi connectivity index (χ0n) is 11.8. The third-order valence-electron chi connectivity index (χ3n) is 3.17. The number of alkyl halides is 1. The highest BCUT2D eigenvalue weighted by molar-refractivity contribution is 5.98. The van der Waals surface area contributed by atoms with Gasteiger partial charge in [-0.1, -0.05) is 26.0 Å². The molecule has 0 N–H and O–H groups in total. The van der Waals surface area contributed by atoms with Gasteiger partial charge in [0, 0.05) is 0 Å². The number of hydrogen-bond donors (Lipinski definition) is 0. The number of rotatable bonds is 2. The summed E-state index contributed by atoms with van der Waals surface area (Å²) in [6.45, 7) is 7.56. The lowest BCUT2D eigenvalue weighted by molar-refractivity contribution is -0.125. The van der Waals surface area contributed by atoms with Gasteiger partial charge < -0.3 is 9.64 Å². The summed E-state index contributed by atoms with van der Waals surface area (Å²) in [5, 5.41) is 0. The van der Waals surface area contributed by atoms with Crippen LogP contribution in [0, 0.1) is 5.92 Å². The molecule has 0 saturated carbocycles. The average Bonchev–Trinajstić information content (AvgIpc) is 2.34. The Morgan fingerprint density at radius 3 is 2.63 bits per heavy atom. The van der Waals surface area contributed by atoms with Crippen LogP contribution in [0.4, 0.5) is 10.1 Å². The first kappa shape index (κ1) is 13.8. The van der Waals surface area contributed by atoms with Gasteiger partial charge >= 0.3 is 0 Å².